The fourth-order valence-corrected chi connectivity index (χ4v) is 2.83. The van der Waals surface area contributed by atoms with Gasteiger partial charge in [-0.05, 0) is 46.8 Å². The van der Waals surface area contributed by atoms with Crippen LogP contribution in [0, 0.1) is 22.6 Å². The largest absolute Gasteiger partial charge is 0.206 e. The summed E-state index contributed by atoms with van der Waals surface area (Å²) in [5, 5.41) is 9.28. The van der Waals surface area contributed by atoms with E-state index >= 15 is 0 Å². The Morgan fingerprint density at radius 3 is 2.69 bits per heavy atom. The maximum atomic E-state index is 13.4. The SMILES string of the molecule is N#CC1(Cc2cccc(F)c2Br)CCCC1. The van der Waals surface area contributed by atoms with Gasteiger partial charge in [0.25, 0.3) is 0 Å². The zero-order chi connectivity index (χ0) is 11.6. The topological polar surface area (TPSA) is 23.8 Å². The molecule has 2 rings (SSSR count). The smallest absolute Gasteiger partial charge is 0.137 e. The summed E-state index contributed by atoms with van der Waals surface area (Å²) in [7, 11) is 0. The van der Waals surface area contributed by atoms with E-state index in [-0.39, 0.29) is 11.2 Å². The molecule has 0 bridgehead atoms. The van der Waals surface area contributed by atoms with Crippen LogP contribution in [0.15, 0.2) is 22.7 Å². The Balaban J connectivity index is 2.27. The summed E-state index contributed by atoms with van der Waals surface area (Å²) in [4.78, 5) is 0. The van der Waals surface area contributed by atoms with E-state index < -0.39 is 0 Å². The minimum atomic E-state index is -0.268. The van der Waals surface area contributed by atoms with Crippen molar-refractivity contribution in [1.29, 1.82) is 5.26 Å². The molecular weight excluding hydrogens is 269 g/mol. The first-order chi connectivity index (χ1) is 7.67. The Morgan fingerprint density at radius 2 is 2.06 bits per heavy atom. The van der Waals surface area contributed by atoms with Gasteiger partial charge in [-0.2, -0.15) is 5.26 Å². The van der Waals surface area contributed by atoms with Crippen LogP contribution < -0.4 is 0 Å². The van der Waals surface area contributed by atoms with Crippen molar-refractivity contribution in [1.82, 2.24) is 0 Å². The molecule has 1 nitrogen and oxygen atoms in total. The first kappa shape index (κ1) is 11.6. The average Bonchev–Trinajstić information content (AvgIpc) is 2.74. The monoisotopic (exact) mass is 281 g/mol. The molecule has 0 atom stereocenters. The second kappa shape index (κ2) is 4.55. The van der Waals surface area contributed by atoms with Crippen molar-refractivity contribution < 1.29 is 4.39 Å². The molecule has 0 N–H and O–H groups in total. The van der Waals surface area contributed by atoms with Crippen molar-refractivity contribution in [2.45, 2.75) is 32.1 Å². The zero-order valence-electron chi connectivity index (χ0n) is 8.97. The molecular formula is C13H13BrFN. The van der Waals surface area contributed by atoms with Gasteiger partial charge >= 0.3 is 0 Å². The highest BCUT2D eigenvalue weighted by Gasteiger charge is 2.34. The summed E-state index contributed by atoms with van der Waals surface area (Å²) < 4.78 is 13.9. The fraction of sp³-hybridized carbons (Fsp3) is 0.462. The quantitative estimate of drug-likeness (QED) is 0.797. The maximum absolute atomic E-state index is 13.4. The molecule has 0 aromatic heterocycles. The molecule has 0 unspecified atom stereocenters. The lowest BCUT2D eigenvalue weighted by atomic mass is 9.81. The summed E-state index contributed by atoms with van der Waals surface area (Å²) in [6, 6.07) is 7.46. The minimum absolute atomic E-state index is 0.247. The van der Waals surface area contributed by atoms with Gasteiger partial charge < -0.3 is 0 Å². The van der Waals surface area contributed by atoms with Gasteiger partial charge in [-0.3, -0.25) is 0 Å². The summed E-state index contributed by atoms with van der Waals surface area (Å²) in [6.07, 6.45) is 4.75. The van der Waals surface area contributed by atoms with Crippen LogP contribution in [0.25, 0.3) is 0 Å². The third kappa shape index (κ3) is 2.12. The molecule has 3 heteroatoms. The van der Waals surface area contributed by atoms with Crippen molar-refractivity contribution in [3.63, 3.8) is 0 Å². The second-order valence-electron chi connectivity index (χ2n) is 4.49. The molecule has 0 heterocycles. The Hall–Kier alpha value is -0.880. The summed E-state index contributed by atoms with van der Waals surface area (Å²) >= 11 is 3.26. The summed E-state index contributed by atoms with van der Waals surface area (Å²) in [5.41, 5.74) is 0.638. The molecule has 1 saturated carbocycles. The predicted octanol–water partition coefficient (Wildman–Crippen LogP) is 4.21. The van der Waals surface area contributed by atoms with Gasteiger partial charge in [0, 0.05) is 0 Å². The lowest BCUT2D eigenvalue weighted by Gasteiger charge is -2.20. The Kier molecular flexibility index (Phi) is 3.30. The van der Waals surface area contributed by atoms with Crippen LogP contribution in [0.5, 0.6) is 0 Å². The van der Waals surface area contributed by atoms with Crippen LogP contribution in [-0.2, 0) is 6.42 Å². The van der Waals surface area contributed by atoms with Crippen LogP contribution in [0.2, 0.25) is 0 Å². The number of halogens is 2. The molecule has 0 radical (unpaired) electrons. The van der Waals surface area contributed by atoms with Gasteiger partial charge in [0.1, 0.15) is 5.82 Å². The van der Waals surface area contributed by atoms with E-state index in [2.05, 4.69) is 22.0 Å². The highest BCUT2D eigenvalue weighted by Crippen LogP contribution is 2.41. The Labute approximate surface area is 103 Å². The maximum Gasteiger partial charge on any atom is 0.137 e. The zero-order valence-corrected chi connectivity index (χ0v) is 10.6. The Bertz CT molecular complexity index is 430. The highest BCUT2D eigenvalue weighted by molar-refractivity contribution is 9.10. The van der Waals surface area contributed by atoms with Crippen molar-refractivity contribution in [2.75, 3.05) is 0 Å². The third-order valence-corrected chi connectivity index (χ3v) is 4.25. The molecule has 1 aromatic rings. The van der Waals surface area contributed by atoms with Gasteiger partial charge in [-0.15, -0.1) is 0 Å². The van der Waals surface area contributed by atoms with Crippen molar-refractivity contribution in [3.05, 3.63) is 34.1 Å². The van der Waals surface area contributed by atoms with E-state index in [1.165, 1.54) is 6.07 Å². The standard InChI is InChI=1S/C13H13BrFN/c14-12-10(4-3-5-11(12)15)8-13(9-16)6-1-2-7-13/h3-5H,1-2,6-8H2. The normalized spacial score (nSPS) is 18.3. The van der Waals surface area contributed by atoms with Gasteiger partial charge in [0.05, 0.1) is 16.0 Å². The molecule has 0 aliphatic heterocycles. The van der Waals surface area contributed by atoms with Crippen molar-refractivity contribution in [3.8, 4) is 6.07 Å². The van der Waals surface area contributed by atoms with E-state index in [1.807, 2.05) is 6.07 Å². The van der Waals surface area contributed by atoms with Crippen LogP contribution in [0.3, 0.4) is 0 Å². The lowest BCUT2D eigenvalue weighted by Crippen LogP contribution is -2.17. The molecule has 0 amide bonds. The molecule has 16 heavy (non-hydrogen) atoms. The lowest BCUT2D eigenvalue weighted by molar-refractivity contribution is 0.406. The van der Waals surface area contributed by atoms with Crippen molar-refractivity contribution in [2.24, 2.45) is 5.41 Å². The molecule has 1 aliphatic carbocycles. The van der Waals surface area contributed by atoms with Crippen LogP contribution in [0.1, 0.15) is 31.2 Å². The molecule has 0 saturated heterocycles. The molecule has 84 valence electrons. The highest BCUT2D eigenvalue weighted by atomic mass is 79.9. The fourth-order valence-electron chi connectivity index (χ4n) is 2.43. The molecule has 1 aromatic carbocycles. The number of nitrogens with zero attached hydrogens (tertiary/aromatic N) is 1. The minimum Gasteiger partial charge on any atom is -0.206 e. The number of rotatable bonds is 2. The van der Waals surface area contributed by atoms with Crippen LogP contribution >= 0.6 is 15.9 Å². The van der Waals surface area contributed by atoms with E-state index in [9.17, 15) is 9.65 Å². The van der Waals surface area contributed by atoms with Crippen LogP contribution in [-0.4, -0.2) is 0 Å². The molecule has 1 fully saturated rings. The van der Waals surface area contributed by atoms with Crippen LogP contribution in [0.4, 0.5) is 4.39 Å². The predicted molar refractivity (Wildman–Crippen MR) is 64.3 cm³/mol. The van der Waals surface area contributed by atoms with E-state index in [4.69, 9.17) is 0 Å². The second-order valence-corrected chi connectivity index (χ2v) is 5.28. The number of benzene rings is 1. The number of hydrogen-bond acceptors (Lipinski definition) is 1. The molecule has 0 spiro atoms. The third-order valence-electron chi connectivity index (χ3n) is 3.36. The Morgan fingerprint density at radius 1 is 1.38 bits per heavy atom. The summed E-state index contributed by atoms with van der Waals surface area (Å²) in [5.74, 6) is -0.247. The van der Waals surface area contributed by atoms with Gasteiger partial charge in [-0.1, -0.05) is 25.0 Å². The average molecular weight is 282 g/mol. The van der Waals surface area contributed by atoms with E-state index in [1.54, 1.807) is 6.07 Å². The van der Waals surface area contributed by atoms with Crippen molar-refractivity contribution >= 4 is 15.9 Å². The number of hydrogen-bond donors (Lipinski definition) is 0. The van der Waals surface area contributed by atoms with Gasteiger partial charge in [0.15, 0.2) is 0 Å². The molecule has 1 aliphatic rings. The first-order valence-electron chi connectivity index (χ1n) is 5.51. The van der Waals surface area contributed by atoms with E-state index in [0.717, 1.165) is 31.2 Å². The summed E-state index contributed by atoms with van der Waals surface area (Å²) in [6.45, 7) is 0. The van der Waals surface area contributed by atoms with Gasteiger partial charge in [0.2, 0.25) is 0 Å². The first-order valence-corrected chi connectivity index (χ1v) is 6.30. The van der Waals surface area contributed by atoms with Gasteiger partial charge in [-0.25, -0.2) is 4.39 Å². The number of nitriles is 1. The van der Waals surface area contributed by atoms with E-state index in [0.29, 0.717) is 10.9 Å².